The van der Waals surface area contributed by atoms with E-state index in [1.165, 1.54) is 0 Å². The molecular weight excluding hydrogens is 548 g/mol. The average Bonchev–Trinajstić information content (AvgIpc) is 2.84. The molecule has 0 aliphatic heterocycles. The van der Waals surface area contributed by atoms with Crippen LogP contribution in [0.5, 0.6) is 5.75 Å². The number of ether oxygens (including phenoxy) is 4. The van der Waals surface area contributed by atoms with Crippen LogP contribution in [-0.2, 0) is 41.6 Å². The van der Waals surface area contributed by atoms with E-state index in [1.807, 2.05) is 80.3 Å². The molecule has 0 radical (unpaired) electrons. The Balaban J connectivity index is 2.00. The molecule has 0 heterocycles. The molecular formula is C34H50N2O7. The summed E-state index contributed by atoms with van der Waals surface area (Å²) in [5.74, 6) is -0.513. The molecule has 2 aromatic rings. The van der Waals surface area contributed by atoms with Crippen LogP contribution in [0.1, 0.15) is 73.4 Å². The molecule has 0 spiro atoms. The molecule has 9 heteroatoms. The summed E-state index contributed by atoms with van der Waals surface area (Å²) in [4.78, 5) is 39.7. The lowest BCUT2D eigenvalue weighted by molar-refractivity contribution is -0.159. The maximum atomic E-state index is 12.9. The first-order chi connectivity index (χ1) is 19.9. The van der Waals surface area contributed by atoms with Gasteiger partial charge in [0.1, 0.15) is 35.2 Å². The third-order valence-electron chi connectivity index (χ3n) is 5.67. The molecule has 2 aromatic carbocycles. The number of hydrogen-bond donors (Lipinski definition) is 1. The topological polar surface area (TPSA) is 103 Å². The van der Waals surface area contributed by atoms with Gasteiger partial charge in [0, 0.05) is 13.1 Å². The summed E-state index contributed by atoms with van der Waals surface area (Å²) in [5.41, 5.74) is 0.121. The highest BCUT2D eigenvalue weighted by Gasteiger charge is 2.27. The Bertz CT molecular complexity index is 1160. The number of carbonyl (C=O) groups is 3. The predicted octanol–water partition coefficient (Wildman–Crippen LogP) is 5.09. The van der Waals surface area contributed by atoms with Crippen molar-refractivity contribution in [2.45, 2.75) is 98.1 Å². The van der Waals surface area contributed by atoms with Gasteiger partial charge in [0.2, 0.25) is 0 Å². The van der Waals surface area contributed by atoms with E-state index in [9.17, 15) is 14.4 Å². The summed E-state index contributed by atoms with van der Waals surface area (Å²) in [6, 6.07) is 16.6. The van der Waals surface area contributed by atoms with Crippen molar-refractivity contribution in [3.8, 4) is 5.75 Å². The number of benzene rings is 2. The lowest BCUT2D eigenvalue weighted by atomic mass is 10.1. The van der Waals surface area contributed by atoms with E-state index >= 15 is 0 Å². The maximum Gasteiger partial charge on any atom is 0.324 e. The molecule has 0 aliphatic carbocycles. The van der Waals surface area contributed by atoms with Gasteiger partial charge in [-0.15, -0.1) is 0 Å². The Labute approximate surface area is 257 Å². The third-order valence-corrected chi connectivity index (χ3v) is 5.67. The van der Waals surface area contributed by atoms with Crippen LogP contribution < -0.4 is 10.1 Å². The Morgan fingerprint density at radius 1 is 0.721 bits per heavy atom. The molecule has 1 N–H and O–H groups in total. The molecule has 1 atom stereocenters. The minimum atomic E-state index is -0.738. The molecule has 0 amide bonds. The normalized spacial score (nSPS) is 12.9. The number of nitrogens with zero attached hydrogens (tertiary/aromatic N) is 1. The van der Waals surface area contributed by atoms with Gasteiger partial charge >= 0.3 is 17.9 Å². The molecule has 0 aromatic heterocycles. The zero-order valence-corrected chi connectivity index (χ0v) is 27.3. The number of hydrogen-bond acceptors (Lipinski definition) is 9. The van der Waals surface area contributed by atoms with Crippen LogP contribution in [0.2, 0.25) is 0 Å². The predicted molar refractivity (Wildman–Crippen MR) is 167 cm³/mol. The van der Waals surface area contributed by atoms with E-state index in [-0.39, 0.29) is 19.1 Å². The van der Waals surface area contributed by atoms with Gasteiger partial charge in [0.05, 0.1) is 13.1 Å². The Morgan fingerprint density at radius 3 is 1.84 bits per heavy atom. The standard InChI is InChI=1S/C34H50N2O7/c1-32(2,3)41-29(37)22-35-28(31(39)43-34(7,8)9)21-25-15-17-27(18-16-25)40-20-19-36(23-26-13-11-10-12-14-26)24-30(38)42-33(4,5)6/h10-18,28,35H,19-24H2,1-9H3. The van der Waals surface area contributed by atoms with Crippen molar-refractivity contribution in [3.63, 3.8) is 0 Å². The number of rotatable bonds is 14. The van der Waals surface area contributed by atoms with Gasteiger partial charge in [-0.2, -0.15) is 0 Å². The van der Waals surface area contributed by atoms with Crippen molar-refractivity contribution < 1.29 is 33.3 Å². The molecule has 238 valence electrons. The van der Waals surface area contributed by atoms with Crippen molar-refractivity contribution in [1.29, 1.82) is 0 Å². The average molecular weight is 599 g/mol. The zero-order valence-electron chi connectivity index (χ0n) is 27.3. The molecule has 0 saturated heterocycles. The maximum absolute atomic E-state index is 12.9. The molecule has 1 unspecified atom stereocenters. The fraction of sp³-hybridized carbons (Fsp3) is 0.559. The van der Waals surface area contributed by atoms with E-state index in [2.05, 4.69) is 5.32 Å². The highest BCUT2D eigenvalue weighted by Crippen LogP contribution is 2.17. The van der Waals surface area contributed by atoms with Crippen molar-refractivity contribution in [2.75, 3.05) is 26.2 Å². The summed E-state index contributed by atoms with van der Waals surface area (Å²) < 4.78 is 22.5. The van der Waals surface area contributed by atoms with E-state index in [4.69, 9.17) is 18.9 Å². The van der Waals surface area contributed by atoms with Gasteiger partial charge in [-0.25, -0.2) is 0 Å². The highest BCUT2D eigenvalue weighted by molar-refractivity contribution is 5.78. The van der Waals surface area contributed by atoms with Gasteiger partial charge in [0.15, 0.2) is 0 Å². The first-order valence-electron chi connectivity index (χ1n) is 14.8. The van der Waals surface area contributed by atoms with Gasteiger partial charge in [-0.05, 0) is 92.0 Å². The summed E-state index contributed by atoms with van der Waals surface area (Å²) in [7, 11) is 0. The van der Waals surface area contributed by atoms with Gasteiger partial charge in [-0.3, -0.25) is 24.6 Å². The number of carbonyl (C=O) groups excluding carboxylic acids is 3. The fourth-order valence-corrected chi connectivity index (χ4v) is 4.06. The van der Waals surface area contributed by atoms with Crippen molar-refractivity contribution >= 4 is 17.9 Å². The van der Waals surface area contributed by atoms with Crippen LogP contribution in [0.25, 0.3) is 0 Å². The summed E-state index contributed by atoms with van der Waals surface area (Å²) in [6.07, 6.45) is 0.318. The van der Waals surface area contributed by atoms with Crippen LogP contribution in [0, 0.1) is 0 Å². The number of esters is 3. The largest absolute Gasteiger partial charge is 0.492 e. The second kappa shape index (κ2) is 15.9. The van der Waals surface area contributed by atoms with Crippen molar-refractivity contribution in [3.05, 3.63) is 65.7 Å². The van der Waals surface area contributed by atoms with E-state index in [0.29, 0.717) is 31.9 Å². The monoisotopic (exact) mass is 598 g/mol. The van der Waals surface area contributed by atoms with Crippen molar-refractivity contribution in [1.82, 2.24) is 10.2 Å². The SMILES string of the molecule is CC(C)(C)OC(=O)CNC(Cc1ccc(OCCN(CC(=O)OC(C)(C)C)Cc2ccccc2)cc1)C(=O)OC(C)(C)C. The molecule has 0 fully saturated rings. The molecule has 9 nitrogen and oxygen atoms in total. The van der Waals surface area contributed by atoms with E-state index in [1.54, 1.807) is 41.5 Å². The Hall–Kier alpha value is -3.43. The molecule has 0 saturated carbocycles. The van der Waals surface area contributed by atoms with Crippen LogP contribution in [0.15, 0.2) is 54.6 Å². The summed E-state index contributed by atoms with van der Waals surface area (Å²) in [6.45, 7) is 17.9. The molecule has 43 heavy (non-hydrogen) atoms. The lowest BCUT2D eigenvalue weighted by Gasteiger charge is -2.25. The van der Waals surface area contributed by atoms with E-state index in [0.717, 1.165) is 11.1 Å². The second-order valence-electron chi connectivity index (χ2n) is 13.5. The molecule has 0 bridgehead atoms. The van der Waals surface area contributed by atoms with Crippen LogP contribution in [0.4, 0.5) is 0 Å². The quantitative estimate of drug-likeness (QED) is 0.235. The molecule has 0 aliphatic rings. The van der Waals surface area contributed by atoms with Crippen LogP contribution >= 0.6 is 0 Å². The fourth-order valence-electron chi connectivity index (χ4n) is 4.06. The van der Waals surface area contributed by atoms with Crippen LogP contribution in [-0.4, -0.2) is 71.9 Å². The lowest BCUT2D eigenvalue weighted by Crippen LogP contribution is -2.45. The Morgan fingerprint density at radius 2 is 1.28 bits per heavy atom. The van der Waals surface area contributed by atoms with Gasteiger partial charge < -0.3 is 18.9 Å². The summed E-state index contributed by atoms with van der Waals surface area (Å²) in [5, 5.41) is 3.00. The summed E-state index contributed by atoms with van der Waals surface area (Å²) >= 11 is 0. The zero-order chi connectivity index (χ0) is 32.3. The Kier molecular flexibility index (Phi) is 13.2. The van der Waals surface area contributed by atoms with Gasteiger partial charge in [0.25, 0.3) is 0 Å². The van der Waals surface area contributed by atoms with Crippen molar-refractivity contribution in [2.24, 2.45) is 0 Å². The third kappa shape index (κ3) is 16.1. The molecule has 2 rings (SSSR count). The van der Waals surface area contributed by atoms with Crippen LogP contribution in [0.3, 0.4) is 0 Å². The highest BCUT2D eigenvalue weighted by atomic mass is 16.6. The minimum Gasteiger partial charge on any atom is -0.492 e. The first kappa shape index (κ1) is 35.8. The van der Waals surface area contributed by atoms with Gasteiger partial charge in [-0.1, -0.05) is 42.5 Å². The smallest absolute Gasteiger partial charge is 0.324 e. The minimum absolute atomic E-state index is 0.120. The second-order valence-corrected chi connectivity index (χ2v) is 13.5. The van der Waals surface area contributed by atoms with E-state index < -0.39 is 34.8 Å². The number of nitrogens with one attached hydrogen (secondary N) is 1. The first-order valence-corrected chi connectivity index (χ1v) is 14.8.